The fourth-order valence-corrected chi connectivity index (χ4v) is 8.93. The van der Waals surface area contributed by atoms with Crippen molar-refractivity contribution in [1.82, 2.24) is 5.32 Å². The van der Waals surface area contributed by atoms with Gasteiger partial charge in [0.1, 0.15) is 6.10 Å². The maximum atomic E-state index is 12.5. The van der Waals surface area contributed by atoms with Crippen LogP contribution < -0.4 is 5.32 Å². The molecule has 3 atom stereocenters. The van der Waals surface area contributed by atoms with Crippen molar-refractivity contribution < 1.29 is 20.1 Å². The van der Waals surface area contributed by atoms with Crippen LogP contribution in [0.25, 0.3) is 0 Å². The Kier molecular flexibility index (Phi) is 51.5. The molecule has 0 aliphatic carbocycles. The minimum absolute atomic E-state index is 0.311. The minimum Gasteiger partial charge on any atom is -0.394 e. The van der Waals surface area contributed by atoms with Crippen molar-refractivity contribution in [3.05, 3.63) is 24.3 Å². The van der Waals surface area contributed by atoms with E-state index < -0.39 is 24.2 Å². The highest BCUT2D eigenvalue weighted by Gasteiger charge is 2.23. The monoisotopic (exact) mass is 874 g/mol. The van der Waals surface area contributed by atoms with Gasteiger partial charge >= 0.3 is 0 Å². The molecule has 0 fully saturated rings. The van der Waals surface area contributed by atoms with Crippen molar-refractivity contribution in [2.24, 2.45) is 0 Å². The summed E-state index contributed by atoms with van der Waals surface area (Å²) in [6.07, 6.45) is 66.7. The molecule has 0 saturated heterocycles. The lowest BCUT2D eigenvalue weighted by atomic mass is 10.0. The van der Waals surface area contributed by atoms with Gasteiger partial charge in [-0.25, -0.2) is 0 Å². The number of hydrogen-bond donors (Lipinski definition) is 4. The number of unbranched alkanes of at least 4 members (excludes halogenated alkanes) is 40. The number of hydrogen-bond acceptors (Lipinski definition) is 4. The van der Waals surface area contributed by atoms with Gasteiger partial charge in [0, 0.05) is 0 Å². The van der Waals surface area contributed by atoms with E-state index in [0.29, 0.717) is 12.8 Å². The number of rotatable bonds is 52. The molecule has 0 aliphatic heterocycles. The molecule has 0 heterocycles. The van der Waals surface area contributed by atoms with Gasteiger partial charge < -0.3 is 20.6 Å². The third-order valence-corrected chi connectivity index (χ3v) is 13.3. The van der Waals surface area contributed by atoms with Crippen LogP contribution >= 0.6 is 0 Å². The summed E-state index contributed by atoms with van der Waals surface area (Å²) in [5, 5.41) is 33.4. The predicted molar refractivity (Wildman–Crippen MR) is 273 cm³/mol. The maximum absolute atomic E-state index is 12.5. The minimum atomic E-state index is -1.07. The molecule has 0 radical (unpaired) electrons. The second-order valence-electron chi connectivity index (χ2n) is 19.5. The molecule has 1 amide bonds. The molecule has 3 unspecified atom stereocenters. The van der Waals surface area contributed by atoms with E-state index in [1.165, 1.54) is 244 Å². The number of allylic oxidation sites excluding steroid dienone is 4. The smallest absolute Gasteiger partial charge is 0.249 e. The number of amides is 1. The first-order chi connectivity index (χ1) is 30.6. The topological polar surface area (TPSA) is 89.8 Å². The average Bonchev–Trinajstić information content (AvgIpc) is 3.28. The zero-order valence-electron chi connectivity index (χ0n) is 42.0. The molecule has 0 aromatic heterocycles. The number of aliphatic hydroxyl groups is 3. The van der Waals surface area contributed by atoms with Crippen molar-refractivity contribution >= 4 is 5.91 Å². The zero-order chi connectivity index (χ0) is 45.1. The van der Waals surface area contributed by atoms with Gasteiger partial charge in [-0.15, -0.1) is 0 Å². The van der Waals surface area contributed by atoms with Gasteiger partial charge in [0.2, 0.25) is 5.91 Å². The van der Waals surface area contributed by atoms with Gasteiger partial charge in [-0.05, 0) is 44.9 Å². The Balaban J connectivity index is 3.46. The number of carbonyl (C=O) groups is 1. The summed E-state index contributed by atoms with van der Waals surface area (Å²) < 4.78 is 0. The first-order valence-corrected chi connectivity index (χ1v) is 28.1. The summed E-state index contributed by atoms with van der Waals surface area (Å²) in [7, 11) is 0. The number of nitrogens with one attached hydrogen (secondary N) is 1. The van der Waals surface area contributed by atoms with E-state index in [4.69, 9.17) is 0 Å². The molecule has 368 valence electrons. The Morgan fingerprint density at radius 2 is 0.661 bits per heavy atom. The molecule has 0 rings (SSSR count). The van der Waals surface area contributed by atoms with Crippen molar-refractivity contribution in [3.8, 4) is 0 Å². The maximum Gasteiger partial charge on any atom is 0.249 e. The Morgan fingerprint density at radius 1 is 0.387 bits per heavy atom. The number of carbonyl (C=O) groups excluding carboxylic acids is 1. The van der Waals surface area contributed by atoms with E-state index in [9.17, 15) is 20.1 Å². The first kappa shape index (κ1) is 60.8. The van der Waals surface area contributed by atoms with E-state index in [2.05, 4.69) is 43.5 Å². The van der Waals surface area contributed by atoms with Crippen LogP contribution in [0.5, 0.6) is 0 Å². The summed E-state index contributed by atoms with van der Waals surface area (Å²) in [6.45, 7) is 4.25. The summed E-state index contributed by atoms with van der Waals surface area (Å²) in [5.74, 6) is -0.468. The van der Waals surface area contributed by atoms with Crippen LogP contribution in [0.4, 0.5) is 0 Å². The Morgan fingerprint density at radius 3 is 0.968 bits per heavy atom. The van der Waals surface area contributed by atoms with E-state index >= 15 is 0 Å². The van der Waals surface area contributed by atoms with Gasteiger partial charge in [0.25, 0.3) is 0 Å². The summed E-state index contributed by atoms with van der Waals surface area (Å²) >= 11 is 0. The molecule has 62 heavy (non-hydrogen) atoms. The highest BCUT2D eigenvalue weighted by Crippen LogP contribution is 2.17. The number of aliphatic hydroxyl groups excluding tert-OH is 3. The van der Waals surface area contributed by atoms with Crippen LogP contribution in [0.3, 0.4) is 0 Å². The highest BCUT2D eigenvalue weighted by atomic mass is 16.3. The van der Waals surface area contributed by atoms with Gasteiger partial charge in [0.15, 0.2) is 0 Å². The second kappa shape index (κ2) is 52.5. The van der Waals surface area contributed by atoms with Crippen LogP contribution in [0.2, 0.25) is 0 Å². The van der Waals surface area contributed by atoms with Gasteiger partial charge in [-0.3, -0.25) is 4.79 Å². The molecule has 5 heteroatoms. The van der Waals surface area contributed by atoms with Crippen molar-refractivity contribution in [2.45, 2.75) is 327 Å². The van der Waals surface area contributed by atoms with E-state index in [1.807, 2.05) is 0 Å². The van der Waals surface area contributed by atoms with Crippen molar-refractivity contribution in [2.75, 3.05) is 6.61 Å². The van der Waals surface area contributed by atoms with Crippen LogP contribution in [0, 0.1) is 0 Å². The molecule has 0 spiro atoms. The van der Waals surface area contributed by atoms with E-state index in [0.717, 1.165) is 38.5 Å². The zero-order valence-corrected chi connectivity index (χ0v) is 42.0. The molecule has 5 nitrogen and oxygen atoms in total. The quantitative estimate of drug-likeness (QED) is 0.0362. The highest BCUT2D eigenvalue weighted by molar-refractivity contribution is 5.80. The summed E-state index contributed by atoms with van der Waals surface area (Å²) in [6, 6.07) is -0.709. The molecule has 0 bridgehead atoms. The third kappa shape index (κ3) is 46.8. The standard InChI is InChI=1S/C57H111NO4/c1-3-5-7-9-11-13-15-17-18-19-20-21-22-23-24-25-26-27-28-29-30-31-32-33-34-35-36-37-38-39-40-42-44-46-48-50-52-56(61)57(62)58-54(53-59)55(60)51-49-47-45-43-41-16-14-12-10-8-6-4-2/h24-25,27-28,54-56,59-61H,3-23,26,29-53H2,1-2H3,(H,58,62)/b25-24-,28-27-. The van der Waals surface area contributed by atoms with Gasteiger partial charge in [0.05, 0.1) is 18.8 Å². The van der Waals surface area contributed by atoms with Crippen LogP contribution in [0.1, 0.15) is 309 Å². The largest absolute Gasteiger partial charge is 0.394 e. The first-order valence-electron chi connectivity index (χ1n) is 28.1. The lowest BCUT2D eigenvalue weighted by molar-refractivity contribution is -0.131. The molecular weight excluding hydrogens is 763 g/mol. The van der Waals surface area contributed by atoms with Gasteiger partial charge in [-0.2, -0.15) is 0 Å². The fourth-order valence-electron chi connectivity index (χ4n) is 8.93. The van der Waals surface area contributed by atoms with Crippen LogP contribution in [0.15, 0.2) is 24.3 Å². The second-order valence-corrected chi connectivity index (χ2v) is 19.5. The van der Waals surface area contributed by atoms with Crippen LogP contribution in [-0.2, 0) is 4.79 Å². The molecule has 0 aromatic carbocycles. The Hall–Kier alpha value is -1.17. The Bertz CT molecular complexity index is 920. The van der Waals surface area contributed by atoms with Crippen molar-refractivity contribution in [3.63, 3.8) is 0 Å². The molecule has 0 saturated carbocycles. The summed E-state index contributed by atoms with van der Waals surface area (Å²) in [5.41, 5.74) is 0. The third-order valence-electron chi connectivity index (χ3n) is 13.3. The lowest BCUT2D eigenvalue weighted by Crippen LogP contribution is -2.49. The van der Waals surface area contributed by atoms with Crippen molar-refractivity contribution in [1.29, 1.82) is 0 Å². The SMILES string of the molecule is CCCCCCCCCCCCCCC/C=C\C/C=C\CCCCCCCCCCCCCCCCCCC(O)C(=O)NC(CO)C(O)CCCCCCCCCCCCCC. The lowest BCUT2D eigenvalue weighted by Gasteiger charge is -2.23. The fraction of sp³-hybridized carbons (Fsp3) is 0.912. The normalized spacial score (nSPS) is 13.4. The Labute approximate surface area is 388 Å². The summed E-state index contributed by atoms with van der Waals surface area (Å²) in [4.78, 5) is 12.5. The average molecular weight is 875 g/mol. The molecule has 0 aliphatic rings. The van der Waals surface area contributed by atoms with E-state index in [-0.39, 0.29) is 6.61 Å². The van der Waals surface area contributed by atoms with Crippen LogP contribution in [-0.4, -0.2) is 46.1 Å². The van der Waals surface area contributed by atoms with E-state index in [1.54, 1.807) is 0 Å². The molecule has 4 N–H and O–H groups in total. The molecular formula is C57H111NO4. The predicted octanol–water partition coefficient (Wildman–Crippen LogP) is 17.3. The van der Waals surface area contributed by atoms with Gasteiger partial charge in [-0.1, -0.05) is 289 Å². The molecule has 0 aromatic rings.